The normalized spacial score (nSPS) is 11.6. The molecule has 0 saturated heterocycles. The van der Waals surface area contributed by atoms with Crippen LogP contribution in [0.3, 0.4) is 0 Å². The van der Waals surface area contributed by atoms with Gasteiger partial charge in [0, 0.05) is 16.5 Å². The monoisotopic (exact) mass is 466 g/mol. The van der Waals surface area contributed by atoms with Crippen molar-refractivity contribution in [2.24, 2.45) is 0 Å². The lowest BCUT2D eigenvalue weighted by Crippen LogP contribution is -2.16. The number of carboxylic acids is 1. The summed E-state index contributed by atoms with van der Waals surface area (Å²) in [5.74, 6) is -0.578. The van der Waals surface area contributed by atoms with E-state index in [4.69, 9.17) is 18.6 Å². The number of methoxy groups -OCH3 is 3. The van der Waals surface area contributed by atoms with Gasteiger partial charge in [0.15, 0.2) is 17.3 Å². The number of fused-ring (bicyclic) bond motifs is 1. The number of ether oxygens (including phenoxy) is 3. The molecule has 0 saturated carbocycles. The second-order valence-corrected chi connectivity index (χ2v) is 8.60. The molecule has 1 aromatic heterocycles. The van der Waals surface area contributed by atoms with Crippen molar-refractivity contribution in [3.63, 3.8) is 0 Å². The number of hydrogen-bond acceptors (Lipinski definition) is 7. The van der Waals surface area contributed by atoms with Crippen LogP contribution in [0.15, 0.2) is 45.6 Å². The van der Waals surface area contributed by atoms with Crippen LogP contribution < -0.4 is 19.8 Å². The number of aromatic carboxylic acids is 1. The molecule has 8 heteroatoms. The van der Waals surface area contributed by atoms with Gasteiger partial charge < -0.3 is 23.7 Å². The highest BCUT2D eigenvalue weighted by atomic mass is 16.5. The van der Waals surface area contributed by atoms with Gasteiger partial charge in [-0.25, -0.2) is 9.59 Å². The van der Waals surface area contributed by atoms with Crippen molar-refractivity contribution in [3.05, 3.63) is 69.1 Å². The highest BCUT2D eigenvalue weighted by Gasteiger charge is 2.22. The molecule has 0 unspecified atom stereocenters. The zero-order valence-electron chi connectivity index (χ0n) is 19.8. The van der Waals surface area contributed by atoms with Gasteiger partial charge in [0.2, 0.25) is 5.75 Å². The molecule has 34 heavy (non-hydrogen) atoms. The number of benzene rings is 2. The van der Waals surface area contributed by atoms with Gasteiger partial charge in [0.1, 0.15) is 11.1 Å². The van der Waals surface area contributed by atoms with Crippen LogP contribution in [0.25, 0.3) is 17.0 Å². The maximum Gasteiger partial charge on any atom is 0.351 e. The number of hydrogen-bond donors (Lipinski definition) is 1. The van der Waals surface area contributed by atoms with Crippen molar-refractivity contribution in [2.45, 2.75) is 26.2 Å². The van der Waals surface area contributed by atoms with Crippen molar-refractivity contribution in [3.8, 4) is 17.2 Å². The molecule has 0 fully saturated rings. The molecule has 0 radical (unpaired) electrons. The van der Waals surface area contributed by atoms with Crippen LogP contribution in [0.5, 0.6) is 17.2 Å². The lowest BCUT2D eigenvalue weighted by molar-refractivity contribution is 0.0692. The van der Waals surface area contributed by atoms with Gasteiger partial charge in [0.05, 0.1) is 21.3 Å². The summed E-state index contributed by atoms with van der Waals surface area (Å²) < 4.78 is 21.3. The van der Waals surface area contributed by atoms with Crippen molar-refractivity contribution in [1.29, 1.82) is 0 Å². The minimum atomic E-state index is -1.37. The molecular weight excluding hydrogens is 440 g/mol. The summed E-state index contributed by atoms with van der Waals surface area (Å²) in [4.78, 5) is 36.4. The van der Waals surface area contributed by atoms with E-state index in [0.717, 1.165) is 0 Å². The number of rotatable bonds is 7. The van der Waals surface area contributed by atoms with Crippen LogP contribution >= 0.6 is 0 Å². The molecule has 1 heterocycles. The molecule has 178 valence electrons. The van der Waals surface area contributed by atoms with Crippen LogP contribution in [0.4, 0.5) is 0 Å². The van der Waals surface area contributed by atoms with E-state index in [0.29, 0.717) is 44.9 Å². The largest absolute Gasteiger partial charge is 0.493 e. The molecule has 0 spiro atoms. The molecule has 0 amide bonds. The zero-order chi connectivity index (χ0) is 25.2. The van der Waals surface area contributed by atoms with Gasteiger partial charge in [-0.2, -0.15) is 0 Å². The third-order valence-corrected chi connectivity index (χ3v) is 5.27. The average Bonchev–Trinajstić information content (AvgIpc) is 2.79. The van der Waals surface area contributed by atoms with Gasteiger partial charge in [-0.15, -0.1) is 0 Å². The summed E-state index contributed by atoms with van der Waals surface area (Å²) in [5.41, 5.74) is 0.219. The molecule has 3 rings (SSSR count). The third kappa shape index (κ3) is 4.80. The Kier molecular flexibility index (Phi) is 6.81. The molecule has 3 aromatic rings. The minimum absolute atomic E-state index is 0.303. The second kappa shape index (κ2) is 9.43. The van der Waals surface area contributed by atoms with E-state index >= 15 is 0 Å². The maximum atomic E-state index is 12.9. The van der Waals surface area contributed by atoms with Gasteiger partial charge in [-0.05, 0) is 47.4 Å². The van der Waals surface area contributed by atoms with E-state index < -0.39 is 22.6 Å². The highest BCUT2D eigenvalue weighted by molar-refractivity contribution is 6.07. The lowest BCUT2D eigenvalue weighted by atomic mass is 9.84. The summed E-state index contributed by atoms with van der Waals surface area (Å²) >= 11 is 0. The van der Waals surface area contributed by atoms with E-state index in [1.807, 2.05) is 26.8 Å². The molecule has 0 aliphatic heterocycles. The van der Waals surface area contributed by atoms with E-state index in [9.17, 15) is 19.5 Å². The SMILES string of the molecule is COc1cc(C(=O)/C=C/c2cc(C(C)(C)C)c3oc(=O)c(C(=O)O)cc3c2)cc(OC)c1OC. The summed E-state index contributed by atoms with van der Waals surface area (Å²) in [6.45, 7) is 5.84. The lowest BCUT2D eigenvalue weighted by Gasteiger charge is -2.21. The number of carboxylic acid groups (broad SMARTS) is 1. The zero-order valence-corrected chi connectivity index (χ0v) is 19.8. The van der Waals surface area contributed by atoms with Crippen LogP contribution in [-0.2, 0) is 5.41 Å². The molecule has 0 aliphatic carbocycles. The Labute approximate surface area is 196 Å². The van der Waals surface area contributed by atoms with E-state index in [2.05, 4.69) is 0 Å². The molecule has 2 aromatic carbocycles. The quantitative estimate of drug-likeness (QED) is 0.303. The first-order chi connectivity index (χ1) is 16.0. The highest BCUT2D eigenvalue weighted by Crippen LogP contribution is 2.38. The Hall–Kier alpha value is -4.07. The topological polar surface area (TPSA) is 112 Å². The molecule has 0 atom stereocenters. The standard InChI is InChI=1S/C26H26O8/c1-26(2,3)18-10-14(9-16-11-17(24(28)29)25(30)34-22(16)18)7-8-19(27)15-12-20(31-4)23(33-6)21(13-15)32-5/h7-13H,1-6H3,(H,28,29)/b8-7+. The Balaban J connectivity index is 2.10. The van der Waals surface area contributed by atoms with Crippen molar-refractivity contribution in [1.82, 2.24) is 0 Å². The predicted octanol–water partition coefficient (Wildman–Crippen LogP) is 4.71. The molecule has 0 bridgehead atoms. The van der Waals surface area contributed by atoms with Gasteiger partial charge >= 0.3 is 11.6 Å². The van der Waals surface area contributed by atoms with Crippen LogP contribution in [0.1, 0.15) is 52.6 Å². The Bertz CT molecular complexity index is 1330. The first-order valence-electron chi connectivity index (χ1n) is 10.4. The fourth-order valence-corrected chi connectivity index (χ4v) is 3.55. The first-order valence-corrected chi connectivity index (χ1v) is 10.4. The van der Waals surface area contributed by atoms with Crippen LogP contribution in [-0.4, -0.2) is 38.2 Å². The van der Waals surface area contributed by atoms with E-state index in [-0.39, 0.29) is 5.78 Å². The predicted molar refractivity (Wildman–Crippen MR) is 128 cm³/mol. The molecule has 0 aliphatic rings. The van der Waals surface area contributed by atoms with Crippen LogP contribution in [0.2, 0.25) is 0 Å². The Morgan fingerprint density at radius 3 is 2.06 bits per heavy atom. The van der Waals surface area contributed by atoms with Gasteiger partial charge in [-0.3, -0.25) is 4.79 Å². The number of carbonyl (C=O) groups excluding carboxylic acids is 1. The van der Waals surface area contributed by atoms with Crippen LogP contribution in [0, 0.1) is 0 Å². The van der Waals surface area contributed by atoms with E-state index in [1.165, 1.54) is 33.5 Å². The maximum absolute atomic E-state index is 12.9. The number of carbonyl (C=O) groups is 2. The molecule has 8 nitrogen and oxygen atoms in total. The Morgan fingerprint density at radius 1 is 0.941 bits per heavy atom. The summed E-state index contributed by atoms with van der Waals surface area (Å²) in [7, 11) is 4.41. The number of allylic oxidation sites excluding steroid dienone is 1. The van der Waals surface area contributed by atoms with Crippen molar-refractivity contribution < 1.29 is 33.3 Å². The molecule has 1 N–H and O–H groups in total. The smallest absolute Gasteiger partial charge is 0.351 e. The summed E-state index contributed by atoms with van der Waals surface area (Å²) in [6.07, 6.45) is 3.01. The van der Waals surface area contributed by atoms with Crippen molar-refractivity contribution >= 4 is 28.8 Å². The van der Waals surface area contributed by atoms with Crippen molar-refractivity contribution in [2.75, 3.05) is 21.3 Å². The van der Waals surface area contributed by atoms with Gasteiger partial charge in [-0.1, -0.05) is 26.8 Å². The average molecular weight is 466 g/mol. The Morgan fingerprint density at radius 2 is 1.56 bits per heavy atom. The fourth-order valence-electron chi connectivity index (χ4n) is 3.55. The second-order valence-electron chi connectivity index (χ2n) is 8.60. The molecular formula is C26H26O8. The third-order valence-electron chi connectivity index (χ3n) is 5.27. The fraction of sp³-hybridized carbons (Fsp3) is 0.269. The minimum Gasteiger partial charge on any atom is -0.493 e. The summed E-state index contributed by atoms with van der Waals surface area (Å²) in [5, 5.41) is 9.75. The van der Waals surface area contributed by atoms with E-state index in [1.54, 1.807) is 24.3 Å². The van der Waals surface area contributed by atoms with Gasteiger partial charge in [0.25, 0.3) is 0 Å². The number of ketones is 1. The first kappa shape index (κ1) is 24.6. The summed E-state index contributed by atoms with van der Waals surface area (Å²) in [6, 6.07) is 7.88.